The van der Waals surface area contributed by atoms with Gasteiger partial charge in [0.1, 0.15) is 32.3 Å². The van der Waals surface area contributed by atoms with Crippen molar-refractivity contribution in [2.75, 3.05) is 38.5 Å². The summed E-state index contributed by atoms with van der Waals surface area (Å²) in [5, 5.41) is 19.0. The summed E-state index contributed by atoms with van der Waals surface area (Å²) in [6, 6.07) is 0. The normalized spacial score (nSPS) is 16.2. The molecule has 0 aromatic carbocycles. The van der Waals surface area contributed by atoms with Gasteiger partial charge in [-0.05, 0) is 19.3 Å². The molecule has 1 aliphatic rings. The molecule has 0 spiro atoms. The molecule has 0 fully saturated rings. The third-order valence-electron chi connectivity index (χ3n) is 3.86. The Labute approximate surface area is 177 Å². The van der Waals surface area contributed by atoms with Gasteiger partial charge in [-0.25, -0.2) is 8.42 Å². The molecule has 0 radical (unpaired) electrons. The topological polar surface area (TPSA) is 121 Å². The van der Waals surface area contributed by atoms with E-state index >= 15 is 0 Å². The van der Waals surface area contributed by atoms with Gasteiger partial charge in [0.15, 0.2) is 0 Å². The summed E-state index contributed by atoms with van der Waals surface area (Å²) in [5.41, 5.74) is 0. The van der Waals surface area contributed by atoms with Gasteiger partial charge in [0.2, 0.25) is 5.78 Å². The van der Waals surface area contributed by atoms with E-state index < -0.39 is 22.0 Å². The van der Waals surface area contributed by atoms with Crippen LogP contribution in [0.25, 0.3) is 0 Å². The van der Waals surface area contributed by atoms with Crippen molar-refractivity contribution in [1.29, 1.82) is 0 Å². The number of carbonyl (C=O) groups excluding carboxylic acids is 1. The molecule has 26 heavy (non-hydrogen) atoms. The van der Waals surface area contributed by atoms with Crippen LogP contribution >= 0.6 is 0 Å². The Bertz CT molecular complexity index is 606. The maximum Gasteiger partial charge on any atom is 1.00 e. The number of amidine groups is 1. The van der Waals surface area contributed by atoms with E-state index in [2.05, 4.69) is 0 Å². The minimum absolute atomic E-state index is 0. The SMILES string of the molecule is CC/C=C/CCCC(=O)C1=[N+](CC(O)CS(=O)(=O)[O-])CCN1CCO.[Na+]. The molecule has 0 amide bonds. The average Bonchev–Trinajstić information content (AvgIpc) is 2.87. The van der Waals surface area contributed by atoms with Crippen LogP contribution in [0.5, 0.6) is 0 Å². The summed E-state index contributed by atoms with van der Waals surface area (Å²) in [6.45, 7) is 3.07. The number of hydrogen-bond donors (Lipinski definition) is 2. The molecule has 8 nitrogen and oxygen atoms in total. The van der Waals surface area contributed by atoms with Gasteiger partial charge in [-0.3, -0.25) is 14.3 Å². The number of aliphatic hydroxyl groups is 2. The van der Waals surface area contributed by atoms with E-state index in [4.69, 9.17) is 5.11 Å². The maximum absolute atomic E-state index is 12.6. The molecule has 1 unspecified atom stereocenters. The van der Waals surface area contributed by atoms with Gasteiger partial charge in [0.05, 0.1) is 22.5 Å². The Morgan fingerprint density at radius 1 is 1.42 bits per heavy atom. The molecular weight excluding hydrogens is 371 g/mol. The van der Waals surface area contributed by atoms with Crippen molar-refractivity contribution >= 4 is 21.7 Å². The smallest absolute Gasteiger partial charge is 0.748 e. The number of aliphatic hydroxyl groups excluding tert-OH is 2. The Morgan fingerprint density at radius 3 is 2.69 bits per heavy atom. The van der Waals surface area contributed by atoms with Crippen LogP contribution in [0.15, 0.2) is 12.2 Å². The minimum Gasteiger partial charge on any atom is -0.748 e. The number of allylic oxidation sites excluding steroid dienone is 2. The molecule has 1 atom stereocenters. The third kappa shape index (κ3) is 9.59. The molecule has 1 heterocycles. The van der Waals surface area contributed by atoms with E-state index in [0.29, 0.717) is 38.3 Å². The third-order valence-corrected chi connectivity index (χ3v) is 4.66. The van der Waals surface area contributed by atoms with Crippen molar-refractivity contribution in [2.24, 2.45) is 0 Å². The van der Waals surface area contributed by atoms with Crippen LogP contribution < -0.4 is 29.6 Å². The number of Topliss-reactive ketones (excluding diaryl/α,β-unsaturated/α-hetero) is 1. The largest absolute Gasteiger partial charge is 1.00 e. The molecular formula is C16H28N2NaO6S+. The molecule has 0 saturated heterocycles. The van der Waals surface area contributed by atoms with Crippen molar-refractivity contribution < 1.29 is 62.1 Å². The molecule has 10 heteroatoms. The quantitative estimate of drug-likeness (QED) is 0.114. The zero-order valence-electron chi connectivity index (χ0n) is 15.6. The monoisotopic (exact) mass is 399 g/mol. The fourth-order valence-corrected chi connectivity index (χ4v) is 3.42. The van der Waals surface area contributed by atoms with Crippen molar-refractivity contribution in [2.45, 2.75) is 38.7 Å². The zero-order valence-corrected chi connectivity index (χ0v) is 18.4. The fourth-order valence-electron chi connectivity index (χ4n) is 2.84. The van der Waals surface area contributed by atoms with Crippen molar-refractivity contribution in [3.63, 3.8) is 0 Å². The number of ketones is 1. The molecule has 0 bridgehead atoms. The predicted molar refractivity (Wildman–Crippen MR) is 92.5 cm³/mol. The second kappa shape index (κ2) is 13.0. The number of carbonyl (C=O) groups is 1. The van der Waals surface area contributed by atoms with Crippen LogP contribution in [0.4, 0.5) is 0 Å². The minimum atomic E-state index is -4.53. The van der Waals surface area contributed by atoms with Gasteiger partial charge in [-0.15, -0.1) is 0 Å². The first kappa shape index (κ1) is 25.7. The van der Waals surface area contributed by atoms with E-state index in [9.17, 15) is 22.9 Å². The van der Waals surface area contributed by atoms with Crippen LogP contribution in [0, 0.1) is 0 Å². The maximum atomic E-state index is 12.6. The van der Waals surface area contributed by atoms with Gasteiger partial charge in [0.25, 0.3) is 0 Å². The summed E-state index contributed by atoms with van der Waals surface area (Å²) in [7, 11) is -4.53. The van der Waals surface area contributed by atoms with Crippen LogP contribution in [0.3, 0.4) is 0 Å². The van der Waals surface area contributed by atoms with E-state index in [-0.39, 0.29) is 48.5 Å². The van der Waals surface area contributed by atoms with E-state index in [0.717, 1.165) is 12.8 Å². The van der Waals surface area contributed by atoms with E-state index in [1.165, 1.54) is 0 Å². The summed E-state index contributed by atoms with van der Waals surface area (Å²) in [5.74, 6) is -0.601. The number of rotatable bonds is 12. The van der Waals surface area contributed by atoms with Gasteiger partial charge < -0.3 is 14.8 Å². The first-order valence-corrected chi connectivity index (χ1v) is 10.1. The summed E-state index contributed by atoms with van der Waals surface area (Å²) in [4.78, 5) is 14.3. The second-order valence-electron chi connectivity index (χ2n) is 6.05. The van der Waals surface area contributed by atoms with Crippen molar-refractivity contribution in [1.82, 2.24) is 4.90 Å². The van der Waals surface area contributed by atoms with Gasteiger partial charge in [-0.1, -0.05) is 19.1 Å². The number of hydrogen-bond acceptors (Lipinski definition) is 7. The standard InChI is InChI=1S/C16H28N2O6S.Na/c1-2-3-4-5-6-7-15(21)16-17(10-11-19)8-9-18(16)12-14(20)13-25(22,23)24;/h3-4,14,19-20H,2,5-13H2,1H3;/q;+1/b4-3+;. The average molecular weight is 399 g/mol. The molecule has 2 N–H and O–H groups in total. The molecule has 0 aliphatic carbocycles. The fraction of sp³-hybridized carbons (Fsp3) is 0.750. The predicted octanol–water partition coefficient (Wildman–Crippen LogP) is -3.68. The summed E-state index contributed by atoms with van der Waals surface area (Å²) in [6.07, 6.45) is 5.48. The summed E-state index contributed by atoms with van der Waals surface area (Å²) < 4.78 is 33.9. The molecule has 1 aliphatic heterocycles. The van der Waals surface area contributed by atoms with Crippen LogP contribution in [0.1, 0.15) is 32.6 Å². The van der Waals surface area contributed by atoms with Crippen LogP contribution in [-0.4, -0.2) is 88.9 Å². The van der Waals surface area contributed by atoms with Gasteiger partial charge >= 0.3 is 35.4 Å². The van der Waals surface area contributed by atoms with Crippen LogP contribution in [0.2, 0.25) is 0 Å². The second-order valence-corrected chi connectivity index (χ2v) is 7.50. The molecule has 1 rings (SSSR count). The van der Waals surface area contributed by atoms with Gasteiger partial charge in [0, 0.05) is 6.42 Å². The molecule has 0 aromatic rings. The molecule has 0 saturated carbocycles. The number of unbranched alkanes of at least 4 members (excludes halogenated alkanes) is 1. The Hall–Kier alpha value is -0.290. The summed E-state index contributed by atoms with van der Waals surface area (Å²) >= 11 is 0. The number of nitrogens with zero attached hydrogens (tertiary/aromatic N) is 2. The zero-order chi connectivity index (χ0) is 18.9. The van der Waals surface area contributed by atoms with Gasteiger partial charge in [-0.2, -0.15) is 0 Å². The van der Waals surface area contributed by atoms with Crippen molar-refractivity contribution in [3.8, 4) is 0 Å². The van der Waals surface area contributed by atoms with E-state index in [1.54, 1.807) is 9.48 Å². The Kier molecular flexibility index (Phi) is 12.8. The molecule has 0 aromatic heterocycles. The first-order valence-electron chi connectivity index (χ1n) is 8.56. The van der Waals surface area contributed by atoms with Crippen LogP contribution in [-0.2, 0) is 14.9 Å². The Morgan fingerprint density at radius 2 is 2.12 bits per heavy atom. The van der Waals surface area contributed by atoms with E-state index in [1.807, 2.05) is 19.1 Å². The molecule has 144 valence electrons. The first-order chi connectivity index (χ1) is 11.8. The van der Waals surface area contributed by atoms with Crippen molar-refractivity contribution in [3.05, 3.63) is 12.2 Å². The number of β-amino-alcohol motifs (C(OH)–C–C–N with tert-alkyl or cyclic N) is 2. The Balaban J connectivity index is 0.00000625.